The van der Waals surface area contributed by atoms with Crippen molar-refractivity contribution in [2.45, 2.75) is 38.8 Å². The lowest BCUT2D eigenvalue weighted by molar-refractivity contribution is 0.0243. The minimum atomic E-state index is -0.0827. The Labute approximate surface area is 133 Å². The Morgan fingerprint density at radius 1 is 1.36 bits per heavy atom. The highest BCUT2D eigenvalue weighted by molar-refractivity contribution is 5.79. The van der Waals surface area contributed by atoms with Crippen molar-refractivity contribution < 1.29 is 9.47 Å². The highest BCUT2D eigenvalue weighted by Gasteiger charge is 2.29. The highest BCUT2D eigenvalue weighted by atomic mass is 16.5. The summed E-state index contributed by atoms with van der Waals surface area (Å²) in [6.45, 7) is 7.24. The van der Waals surface area contributed by atoms with E-state index in [9.17, 15) is 0 Å². The van der Waals surface area contributed by atoms with Crippen molar-refractivity contribution in [3.05, 3.63) is 29.8 Å². The Bertz CT molecular complexity index is 496. The summed E-state index contributed by atoms with van der Waals surface area (Å²) in [5, 5.41) is 6.66. The second kappa shape index (κ2) is 8.03. The summed E-state index contributed by atoms with van der Waals surface area (Å²) in [6.07, 6.45) is 2.22. The van der Waals surface area contributed by atoms with Gasteiger partial charge >= 0.3 is 0 Å². The number of methoxy groups -OCH3 is 1. The maximum atomic E-state index is 5.80. The van der Waals surface area contributed by atoms with E-state index in [4.69, 9.17) is 9.47 Å². The van der Waals surface area contributed by atoms with Crippen molar-refractivity contribution in [2.24, 2.45) is 4.99 Å². The third-order valence-corrected chi connectivity index (χ3v) is 3.87. The first-order valence-corrected chi connectivity index (χ1v) is 7.95. The maximum Gasteiger partial charge on any atom is 0.191 e. The van der Waals surface area contributed by atoms with Gasteiger partial charge in [-0.3, -0.25) is 0 Å². The number of nitrogens with zero attached hydrogens (tertiary/aromatic N) is 1. The fraction of sp³-hybridized carbons (Fsp3) is 0.588. The molecule has 1 aliphatic heterocycles. The molecule has 122 valence electrons. The van der Waals surface area contributed by atoms with Gasteiger partial charge in [-0.2, -0.15) is 0 Å². The normalized spacial score (nSPS) is 21.7. The average Bonchev–Trinajstić information content (AvgIpc) is 2.97. The summed E-state index contributed by atoms with van der Waals surface area (Å²) in [5.74, 6) is 1.68. The average molecular weight is 305 g/mol. The molecule has 1 fully saturated rings. The third kappa shape index (κ3) is 4.63. The van der Waals surface area contributed by atoms with E-state index in [1.807, 2.05) is 24.3 Å². The van der Waals surface area contributed by atoms with Crippen LogP contribution in [0.15, 0.2) is 29.3 Å². The Morgan fingerprint density at radius 2 is 2.18 bits per heavy atom. The van der Waals surface area contributed by atoms with Gasteiger partial charge in [-0.05, 0) is 32.8 Å². The quantitative estimate of drug-likeness (QED) is 0.625. The summed E-state index contributed by atoms with van der Waals surface area (Å²) in [7, 11) is 1.68. The molecular weight excluding hydrogens is 278 g/mol. The predicted molar refractivity (Wildman–Crippen MR) is 89.4 cm³/mol. The van der Waals surface area contributed by atoms with Gasteiger partial charge in [0.25, 0.3) is 0 Å². The molecule has 5 heteroatoms. The Morgan fingerprint density at radius 3 is 2.86 bits per heavy atom. The maximum absolute atomic E-state index is 5.80. The molecular formula is C17H27N3O2. The SMILES string of the molecule is CCNC(=NCc1ccccc1OC)NCC1(C)CCCO1. The number of aliphatic imine (C=N–C) groups is 1. The zero-order valence-corrected chi connectivity index (χ0v) is 13.8. The Hall–Kier alpha value is -1.75. The van der Waals surface area contributed by atoms with Crippen LogP contribution in [-0.4, -0.2) is 38.4 Å². The van der Waals surface area contributed by atoms with Gasteiger partial charge in [-0.15, -0.1) is 0 Å². The molecule has 2 rings (SSSR count). The molecule has 0 aromatic heterocycles. The van der Waals surface area contributed by atoms with Crippen LogP contribution >= 0.6 is 0 Å². The lowest BCUT2D eigenvalue weighted by Gasteiger charge is -2.24. The van der Waals surface area contributed by atoms with Crippen molar-refractivity contribution >= 4 is 5.96 Å². The smallest absolute Gasteiger partial charge is 0.191 e. The number of nitrogens with one attached hydrogen (secondary N) is 2. The summed E-state index contributed by atoms with van der Waals surface area (Å²) < 4.78 is 11.2. The fourth-order valence-electron chi connectivity index (χ4n) is 2.59. The van der Waals surface area contributed by atoms with E-state index >= 15 is 0 Å². The predicted octanol–water partition coefficient (Wildman–Crippen LogP) is 2.32. The van der Waals surface area contributed by atoms with E-state index in [2.05, 4.69) is 29.5 Å². The van der Waals surface area contributed by atoms with Crippen LogP contribution in [-0.2, 0) is 11.3 Å². The highest BCUT2D eigenvalue weighted by Crippen LogP contribution is 2.23. The number of rotatable bonds is 6. The van der Waals surface area contributed by atoms with E-state index in [0.717, 1.165) is 49.8 Å². The van der Waals surface area contributed by atoms with Crippen LogP contribution in [0.5, 0.6) is 5.75 Å². The molecule has 0 aliphatic carbocycles. The third-order valence-electron chi connectivity index (χ3n) is 3.87. The molecule has 22 heavy (non-hydrogen) atoms. The van der Waals surface area contributed by atoms with Crippen LogP contribution in [0, 0.1) is 0 Å². The molecule has 1 saturated heterocycles. The lowest BCUT2D eigenvalue weighted by atomic mass is 10.0. The standard InChI is InChI=1S/C17H27N3O2/c1-4-18-16(20-13-17(2)10-7-11-22-17)19-12-14-8-5-6-9-15(14)21-3/h5-6,8-9H,4,7,10-13H2,1-3H3,(H2,18,19,20). The molecule has 1 aliphatic rings. The summed E-state index contributed by atoms with van der Waals surface area (Å²) in [6, 6.07) is 7.96. The minimum absolute atomic E-state index is 0.0827. The molecule has 1 atom stereocenters. The van der Waals surface area contributed by atoms with Crippen LogP contribution in [0.1, 0.15) is 32.3 Å². The lowest BCUT2D eigenvalue weighted by Crippen LogP contribution is -2.45. The largest absolute Gasteiger partial charge is 0.496 e. The topological polar surface area (TPSA) is 54.9 Å². The number of benzene rings is 1. The van der Waals surface area contributed by atoms with E-state index in [1.54, 1.807) is 7.11 Å². The van der Waals surface area contributed by atoms with Gasteiger partial charge in [0.2, 0.25) is 0 Å². The zero-order valence-electron chi connectivity index (χ0n) is 13.8. The molecule has 0 saturated carbocycles. The van der Waals surface area contributed by atoms with Crippen LogP contribution in [0.25, 0.3) is 0 Å². The van der Waals surface area contributed by atoms with Crippen LogP contribution < -0.4 is 15.4 Å². The molecule has 1 unspecified atom stereocenters. The fourth-order valence-corrected chi connectivity index (χ4v) is 2.59. The van der Waals surface area contributed by atoms with Crippen molar-refractivity contribution in [3.8, 4) is 5.75 Å². The number of hydrogen-bond acceptors (Lipinski definition) is 3. The Kier molecular flexibility index (Phi) is 6.07. The second-order valence-electron chi connectivity index (χ2n) is 5.76. The number of ether oxygens (including phenoxy) is 2. The summed E-state index contributed by atoms with van der Waals surface area (Å²) in [4.78, 5) is 4.64. The van der Waals surface area contributed by atoms with E-state index in [0.29, 0.717) is 6.54 Å². The van der Waals surface area contributed by atoms with Gasteiger partial charge in [-0.1, -0.05) is 18.2 Å². The van der Waals surface area contributed by atoms with E-state index in [1.165, 1.54) is 0 Å². The van der Waals surface area contributed by atoms with Gasteiger partial charge in [0.1, 0.15) is 5.75 Å². The molecule has 0 spiro atoms. The van der Waals surface area contributed by atoms with Gasteiger partial charge in [0, 0.05) is 25.3 Å². The zero-order chi connectivity index (χ0) is 15.8. The summed E-state index contributed by atoms with van der Waals surface area (Å²) >= 11 is 0. The molecule has 1 aromatic rings. The van der Waals surface area contributed by atoms with Gasteiger partial charge in [0.15, 0.2) is 5.96 Å². The minimum Gasteiger partial charge on any atom is -0.496 e. The van der Waals surface area contributed by atoms with E-state index < -0.39 is 0 Å². The monoisotopic (exact) mass is 305 g/mol. The molecule has 0 bridgehead atoms. The molecule has 5 nitrogen and oxygen atoms in total. The Balaban J connectivity index is 1.97. The van der Waals surface area contributed by atoms with Gasteiger partial charge in [0.05, 0.1) is 19.3 Å². The molecule has 0 amide bonds. The van der Waals surface area contributed by atoms with Crippen LogP contribution in [0.2, 0.25) is 0 Å². The van der Waals surface area contributed by atoms with Crippen molar-refractivity contribution in [3.63, 3.8) is 0 Å². The van der Waals surface area contributed by atoms with Crippen molar-refractivity contribution in [1.29, 1.82) is 0 Å². The molecule has 2 N–H and O–H groups in total. The van der Waals surface area contributed by atoms with Crippen molar-refractivity contribution in [2.75, 3.05) is 26.8 Å². The summed E-state index contributed by atoms with van der Waals surface area (Å²) in [5.41, 5.74) is 0.992. The molecule has 1 heterocycles. The van der Waals surface area contributed by atoms with Gasteiger partial charge < -0.3 is 20.1 Å². The van der Waals surface area contributed by atoms with Crippen molar-refractivity contribution in [1.82, 2.24) is 10.6 Å². The molecule has 0 radical (unpaired) electrons. The first kappa shape index (κ1) is 16.6. The second-order valence-corrected chi connectivity index (χ2v) is 5.76. The van der Waals surface area contributed by atoms with Crippen LogP contribution in [0.4, 0.5) is 0 Å². The van der Waals surface area contributed by atoms with E-state index in [-0.39, 0.29) is 5.60 Å². The number of para-hydroxylation sites is 1. The first-order valence-electron chi connectivity index (χ1n) is 7.95. The van der Waals surface area contributed by atoms with Gasteiger partial charge in [-0.25, -0.2) is 4.99 Å². The van der Waals surface area contributed by atoms with Crippen LogP contribution in [0.3, 0.4) is 0 Å². The molecule has 1 aromatic carbocycles. The first-order chi connectivity index (χ1) is 10.7. The number of guanidine groups is 1. The number of hydrogen-bond donors (Lipinski definition) is 2.